The van der Waals surface area contributed by atoms with Crippen molar-refractivity contribution in [1.82, 2.24) is 4.90 Å². The molecule has 28 heavy (non-hydrogen) atoms. The van der Waals surface area contributed by atoms with Crippen LogP contribution in [0.2, 0.25) is 0 Å². The predicted octanol–water partition coefficient (Wildman–Crippen LogP) is 3.87. The Kier molecular flexibility index (Phi) is 5.31. The second kappa shape index (κ2) is 8.19. The molecule has 1 aliphatic heterocycles. The molecule has 0 spiro atoms. The van der Waals surface area contributed by atoms with Gasteiger partial charge in [-0.3, -0.25) is 9.59 Å². The normalized spacial score (nSPS) is 17.7. The van der Waals surface area contributed by atoms with Crippen LogP contribution < -0.4 is 0 Å². The van der Waals surface area contributed by atoms with Crippen LogP contribution in [0.1, 0.15) is 21.5 Å². The standard InChI is InChI=1S/C24H21NO3/c26-21(20-14-8-3-9-15-20)22-23(28-22)24(27)25(16-18-10-4-1-5-11-18)17-19-12-6-2-7-13-19/h1-15,22-23H,16-17H2/t22-,23+/m0/s1. The SMILES string of the molecule is O=C(c1ccccc1)[C@@H]1O[C@H]1C(=O)N(Cc1ccccc1)Cc1ccccc1. The smallest absolute Gasteiger partial charge is 0.255 e. The lowest BCUT2D eigenvalue weighted by Gasteiger charge is -2.22. The van der Waals surface area contributed by atoms with Crippen molar-refractivity contribution >= 4 is 11.7 Å². The van der Waals surface area contributed by atoms with Gasteiger partial charge in [-0.1, -0.05) is 91.0 Å². The van der Waals surface area contributed by atoms with Crippen molar-refractivity contribution in [2.24, 2.45) is 0 Å². The zero-order valence-electron chi connectivity index (χ0n) is 15.4. The molecule has 140 valence electrons. The minimum atomic E-state index is -0.708. The van der Waals surface area contributed by atoms with E-state index in [-0.39, 0.29) is 11.7 Å². The molecule has 3 aromatic carbocycles. The third kappa shape index (κ3) is 4.18. The molecule has 0 unspecified atom stereocenters. The van der Waals surface area contributed by atoms with Crippen molar-refractivity contribution in [2.45, 2.75) is 25.3 Å². The summed E-state index contributed by atoms with van der Waals surface area (Å²) in [5.41, 5.74) is 2.65. The quantitative estimate of drug-likeness (QED) is 0.468. The number of hydrogen-bond donors (Lipinski definition) is 0. The molecule has 1 fully saturated rings. The summed E-state index contributed by atoms with van der Waals surface area (Å²) in [7, 11) is 0. The maximum Gasteiger partial charge on any atom is 0.255 e. The van der Waals surface area contributed by atoms with Gasteiger partial charge in [-0.2, -0.15) is 0 Å². The van der Waals surface area contributed by atoms with Gasteiger partial charge in [-0.15, -0.1) is 0 Å². The molecular formula is C24H21NO3. The van der Waals surface area contributed by atoms with Gasteiger partial charge in [0.05, 0.1) is 0 Å². The van der Waals surface area contributed by atoms with Gasteiger partial charge < -0.3 is 9.64 Å². The van der Waals surface area contributed by atoms with Crippen LogP contribution in [0.4, 0.5) is 0 Å². The van der Waals surface area contributed by atoms with Crippen LogP contribution in [0.25, 0.3) is 0 Å². The molecule has 2 atom stereocenters. The monoisotopic (exact) mass is 371 g/mol. The molecule has 0 N–H and O–H groups in total. The van der Waals surface area contributed by atoms with E-state index in [9.17, 15) is 9.59 Å². The average Bonchev–Trinajstić information content (AvgIpc) is 3.55. The van der Waals surface area contributed by atoms with E-state index in [2.05, 4.69) is 0 Å². The maximum atomic E-state index is 13.1. The molecule has 0 radical (unpaired) electrons. The van der Waals surface area contributed by atoms with Gasteiger partial charge in [-0.05, 0) is 11.1 Å². The summed E-state index contributed by atoms with van der Waals surface area (Å²) in [6.07, 6.45) is -1.40. The molecule has 1 amide bonds. The number of ketones is 1. The largest absolute Gasteiger partial charge is 0.350 e. The van der Waals surface area contributed by atoms with E-state index in [4.69, 9.17) is 4.74 Å². The van der Waals surface area contributed by atoms with Gasteiger partial charge in [0.1, 0.15) is 0 Å². The third-order valence-corrected chi connectivity index (χ3v) is 4.80. The van der Waals surface area contributed by atoms with Gasteiger partial charge in [0.15, 0.2) is 18.0 Å². The van der Waals surface area contributed by atoms with Crippen molar-refractivity contribution < 1.29 is 14.3 Å². The van der Waals surface area contributed by atoms with Gasteiger partial charge in [-0.25, -0.2) is 0 Å². The number of carbonyl (C=O) groups is 2. The number of epoxide rings is 1. The van der Waals surface area contributed by atoms with Crippen LogP contribution >= 0.6 is 0 Å². The number of benzene rings is 3. The molecule has 1 aliphatic rings. The minimum absolute atomic E-state index is 0.140. The van der Waals surface area contributed by atoms with E-state index < -0.39 is 12.2 Å². The van der Waals surface area contributed by atoms with E-state index in [1.165, 1.54) is 0 Å². The molecule has 0 saturated carbocycles. The average molecular weight is 371 g/mol. The zero-order chi connectivity index (χ0) is 19.3. The fraction of sp³-hybridized carbons (Fsp3) is 0.167. The Balaban J connectivity index is 1.49. The van der Waals surface area contributed by atoms with Crippen LogP contribution in [0.15, 0.2) is 91.0 Å². The molecule has 3 aromatic rings. The van der Waals surface area contributed by atoms with Crippen LogP contribution in [0.3, 0.4) is 0 Å². The molecule has 0 bridgehead atoms. The highest BCUT2D eigenvalue weighted by molar-refractivity contribution is 6.05. The number of rotatable bonds is 7. The lowest BCUT2D eigenvalue weighted by atomic mass is 10.1. The summed E-state index contributed by atoms with van der Waals surface area (Å²) >= 11 is 0. The number of nitrogens with zero attached hydrogens (tertiary/aromatic N) is 1. The fourth-order valence-electron chi connectivity index (χ4n) is 3.27. The van der Waals surface area contributed by atoms with Crippen LogP contribution in [-0.4, -0.2) is 28.8 Å². The Bertz CT molecular complexity index is 900. The molecule has 0 aliphatic carbocycles. The van der Waals surface area contributed by atoms with Crippen LogP contribution in [-0.2, 0) is 22.6 Å². The van der Waals surface area contributed by atoms with E-state index in [0.29, 0.717) is 18.7 Å². The molecular weight excluding hydrogens is 350 g/mol. The Labute approximate surface area is 164 Å². The molecule has 4 heteroatoms. The number of hydrogen-bond acceptors (Lipinski definition) is 3. The van der Waals surface area contributed by atoms with E-state index in [1.807, 2.05) is 78.9 Å². The Morgan fingerprint density at radius 3 is 1.64 bits per heavy atom. The Morgan fingerprint density at radius 2 is 1.14 bits per heavy atom. The molecule has 4 rings (SSSR count). The maximum absolute atomic E-state index is 13.1. The summed E-state index contributed by atoms with van der Waals surface area (Å²) in [6, 6.07) is 28.7. The highest BCUT2D eigenvalue weighted by Gasteiger charge is 2.51. The summed E-state index contributed by atoms with van der Waals surface area (Å²) in [4.78, 5) is 27.4. The fourth-order valence-corrected chi connectivity index (χ4v) is 3.27. The first-order chi connectivity index (χ1) is 13.7. The Hall–Kier alpha value is -3.24. The van der Waals surface area contributed by atoms with E-state index >= 15 is 0 Å². The summed E-state index contributed by atoms with van der Waals surface area (Å²) in [5, 5.41) is 0. The topological polar surface area (TPSA) is 49.9 Å². The third-order valence-electron chi connectivity index (χ3n) is 4.80. The number of ether oxygens (including phenoxy) is 1. The lowest BCUT2D eigenvalue weighted by molar-refractivity contribution is -0.133. The van der Waals surface area contributed by atoms with Crippen molar-refractivity contribution in [2.75, 3.05) is 0 Å². The number of Topliss-reactive ketones (excluding diaryl/α,β-unsaturated/α-hetero) is 1. The Morgan fingerprint density at radius 1 is 0.679 bits per heavy atom. The van der Waals surface area contributed by atoms with Crippen molar-refractivity contribution in [1.29, 1.82) is 0 Å². The van der Waals surface area contributed by atoms with Crippen molar-refractivity contribution in [3.05, 3.63) is 108 Å². The molecule has 1 saturated heterocycles. The van der Waals surface area contributed by atoms with E-state index in [1.54, 1.807) is 17.0 Å². The number of amides is 1. The second-order valence-electron chi connectivity index (χ2n) is 6.87. The first-order valence-electron chi connectivity index (χ1n) is 9.34. The second-order valence-corrected chi connectivity index (χ2v) is 6.87. The van der Waals surface area contributed by atoms with Gasteiger partial charge in [0, 0.05) is 18.7 Å². The van der Waals surface area contributed by atoms with Gasteiger partial charge in [0.25, 0.3) is 5.91 Å². The van der Waals surface area contributed by atoms with Crippen molar-refractivity contribution in [3.8, 4) is 0 Å². The summed E-state index contributed by atoms with van der Waals surface area (Å²) < 4.78 is 5.51. The highest BCUT2D eigenvalue weighted by atomic mass is 16.6. The van der Waals surface area contributed by atoms with E-state index in [0.717, 1.165) is 11.1 Å². The molecule has 4 nitrogen and oxygen atoms in total. The minimum Gasteiger partial charge on any atom is -0.350 e. The summed E-state index contributed by atoms with van der Waals surface area (Å²) in [6.45, 7) is 0.946. The predicted molar refractivity (Wildman–Crippen MR) is 107 cm³/mol. The molecule has 0 aromatic heterocycles. The number of carbonyl (C=O) groups excluding carboxylic acids is 2. The summed E-state index contributed by atoms with van der Waals surface area (Å²) in [5.74, 6) is -0.291. The first-order valence-corrected chi connectivity index (χ1v) is 9.34. The van der Waals surface area contributed by atoms with Crippen LogP contribution in [0, 0.1) is 0 Å². The lowest BCUT2D eigenvalue weighted by Crippen LogP contribution is -2.35. The van der Waals surface area contributed by atoms with Crippen molar-refractivity contribution in [3.63, 3.8) is 0 Å². The zero-order valence-corrected chi connectivity index (χ0v) is 15.4. The molecule has 1 heterocycles. The van der Waals surface area contributed by atoms with Gasteiger partial charge >= 0.3 is 0 Å². The first kappa shape index (κ1) is 18.1. The van der Waals surface area contributed by atoms with Gasteiger partial charge in [0.2, 0.25) is 0 Å². The highest BCUT2D eigenvalue weighted by Crippen LogP contribution is 2.29. The van der Waals surface area contributed by atoms with Crippen LogP contribution in [0.5, 0.6) is 0 Å².